The van der Waals surface area contributed by atoms with Gasteiger partial charge in [0.25, 0.3) is 5.91 Å². The minimum Gasteiger partial charge on any atom is -0.486 e. The largest absolute Gasteiger partial charge is 0.486 e. The van der Waals surface area contributed by atoms with Crippen molar-refractivity contribution in [3.05, 3.63) is 29.8 Å². The van der Waals surface area contributed by atoms with E-state index in [4.69, 9.17) is 9.47 Å². The van der Waals surface area contributed by atoms with Crippen molar-refractivity contribution in [2.45, 2.75) is 44.8 Å². The fourth-order valence-electron chi connectivity index (χ4n) is 2.92. The maximum atomic E-state index is 12.2. The van der Waals surface area contributed by atoms with E-state index in [1.54, 1.807) is 0 Å². The number of ether oxygens (including phenoxy) is 2. The van der Waals surface area contributed by atoms with Crippen LogP contribution in [0.3, 0.4) is 0 Å². The Balaban J connectivity index is 1.50. The normalized spacial score (nSPS) is 22.7. The Morgan fingerprint density at radius 3 is 2.86 bits per heavy atom. The van der Waals surface area contributed by atoms with Crippen LogP contribution < -0.4 is 4.74 Å². The number of nitrogens with zero attached hydrogens (tertiary/aromatic N) is 1. The second-order valence-corrected chi connectivity index (χ2v) is 5.80. The summed E-state index contributed by atoms with van der Waals surface area (Å²) < 4.78 is 11.6. The lowest BCUT2D eigenvalue weighted by Crippen LogP contribution is -2.59. The summed E-state index contributed by atoms with van der Waals surface area (Å²) in [6.07, 6.45) is 3.88. The number of likely N-dealkylation sites (tertiary alicyclic amines) is 1. The number of rotatable bonds is 4. The Kier molecular flexibility index (Phi) is 4.44. The van der Waals surface area contributed by atoms with Crippen molar-refractivity contribution in [3.63, 3.8) is 0 Å². The Labute approximate surface area is 126 Å². The molecule has 3 rings (SSSR count). The highest BCUT2D eigenvalue weighted by Crippen LogP contribution is 2.24. The molecule has 0 saturated carbocycles. The van der Waals surface area contributed by atoms with Crippen LogP contribution in [0.15, 0.2) is 24.3 Å². The predicted octanol–water partition coefficient (Wildman–Crippen LogP) is 2.41. The molecule has 1 aromatic rings. The van der Waals surface area contributed by atoms with Gasteiger partial charge in [-0.3, -0.25) is 4.79 Å². The molecule has 0 spiro atoms. The molecule has 1 atom stereocenters. The van der Waals surface area contributed by atoms with Crippen molar-refractivity contribution in [1.82, 2.24) is 4.90 Å². The van der Waals surface area contributed by atoms with Gasteiger partial charge in [0.15, 0.2) is 0 Å². The van der Waals surface area contributed by atoms with E-state index in [1.165, 1.54) is 5.56 Å². The zero-order chi connectivity index (χ0) is 14.7. The van der Waals surface area contributed by atoms with Crippen LogP contribution in [0.5, 0.6) is 5.75 Å². The fraction of sp³-hybridized carbons (Fsp3) is 0.588. The molecule has 1 amide bonds. The minimum atomic E-state index is -0.220. The molecule has 4 heteroatoms. The van der Waals surface area contributed by atoms with Crippen LogP contribution in [0.4, 0.5) is 0 Å². The minimum absolute atomic E-state index is 0.116. The summed E-state index contributed by atoms with van der Waals surface area (Å²) in [5, 5.41) is 0. The highest BCUT2D eigenvalue weighted by Gasteiger charge is 2.36. The Morgan fingerprint density at radius 2 is 2.14 bits per heavy atom. The van der Waals surface area contributed by atoms with Crippen LogP contribution in [0.25, 0.3) is 0 Å². The summed E-state index contributed by atoms with van der Waals surface area (Å²) in [6, 6.07) is 8.12. The third-order valence-corrected chi connectivity index (χ3v) is 4.26. The molecule has 2 heterocycles. The second-order valence-electron chi connectivity index (χ2n) is 5.80. The van der Waals surface area contributed by atoms with Gasteiger partial charge in [0.1, 0.15) is 18.0 Å². The van der Waals surface area contributed by atoms with E-state index in [0.717, 1.165) is 31.4 Å². The average molecular weight is 289 g/mol. The lowest BCUT2D eigenvalue weighted by atomic mass is 10.0. The summed E-state index contributed by atoms with van der Waals surface area (Å²) in [5.74, 6) is 1.09. The molecule has 21 heavy (non-hydrogen) atoms. The third kappa shape index (κ3) is 3.21. The summed E-state index contributed by atoms with van der Waals surface area (Å²) in [6.45, 7) is 4.20. The molecule has 1 unspecified atom stereocenters. The number of hydrogen-bond donors (Lipinski definition) is 0. The van der Waals surface area contributed by atoms with Crippen molar-refractivity contribution >= 4 is 5.91 Å². The second kappa shape index (κ2) is 6.48. The van der Waals surface area contributed by atoms with Crippen molar-refractivity contribution in [2.75, 3.05) is 19.7 Å². The first kappa shape index (κ1) is 14.4. The molecule has 2 aliphatic heterocycles. The highest BCUT2D eigenvalue weighted by atomic mass is 16.5. The monoisotopic (exact) mass is 289 g/mol. The molecule has 4 nitrogen and oxygen atoms in total. The lowest BCUT2D eigenvalue weighted by molar-refractivity contribution is -0.155. The van der Waals surface area contributed by atoms with E-state index in [0.29, 0.717) is 19.7 Å². The zero-order valence-corrected chi connectivity index (χ0v) is 12.6. The number of amides is 1. The van der Waals surface area contributed by atoms with Crippen molar-refractivity contribution in [3.8, 4) is 5.75 Å². The van der Waals surface area contributed by atoms with Gasteiger partial charge in [-0.15, -0.1) is 0 Å². The van der Waals surface area contributed by atoms with Gasteiger partial charge in [0.05, 0.1) is 13.1 Å². The van der Waals surface area contributed by atoms with Gasteiger partial charge in [-0.1, -0.05) is 25.1 Å². The summed E-state index contributed by atoms with van der Waals surface area (Å²) >= 11 is 0. The van der Waals surface area contributed by atoms with Crippen molar-refractivity contribution < 1.29 is 14.3 Å². The highest BCUT2D eigenvalue weighted by molar-refractivity contribution is 5.81. The maximum absolute atomic E-state index is 12.2. The standard InChI is InChI=1S/C17H23NO3/c1-2-13-7-3-4-8-15(13)21-14-11-18(12-14)17(19)16-9-5-6-10-20-16/h3-4,7-8,14,16H,2,5-6,9-12H2,1H3. The molecule has 0 N–H and O–H groups in total. The molecule has 0 bridgehead atoms. The first-order chi connectivity index (χ1) is 10.3. The van der Waals surface area contributed by atoms with Crippen LogP contribution in [0.2, 0.25) is 0 Å². The average Bonchev–Trinajstić information content (AvgIpc) is 2.51. The maximum Gasteiger partial charge on any atom is 0.251 e. The van der Waals surface area contributed by atoms with E-state index in [-0.39, 0.29) is 18.1 Å². The zero-order valence-electron chi connectivity index (χ0n) is 12.6. The number of aryl methyl sites for hydroxylation is 1. The van der Waals surface area contributed by atoms with Gasteiger partial charge < -0.3 is 14.4 Å². The molecule has 2 fully saturated rings. The van der Waals surface area contributed by atoms with E-state index in [9.17, 15) is 4.79 Å². The van der Waals surface area contributed by atoms with Gasteiger partial charge in [-0.2, -0.15) is 0 Å². The summed E-state index contributed by atoms with van der Waals surface area (Å²) in [7, 11) is 0. The number of hydrogen-bond acceptors (Lipinski definition) is 3. The van der Waals surface area contributed by atoms with E-state index in [1.807, 2.05) is 23.1 Å². The molecule has 0 radical (unpaired) electrons. The third-order valence-electron chi connectivity index (χ3n) is 4.26. The Bertz CT molecular complexity index is 491. The molecule has 0 aromatic heterocycles. The van der Waals surface area contributed by atoms with Gasteiger partial charge in [-0.25, -0.2) is 0 Å². The van der Waals surface area contributed by atoms with Gasteiger partial charge in [-0.05, 0) is 37.3 Å². The van der Waals surface area contributed by atoms with Gasteiger partial charge in [0.2, 0.25) is 0 Å². The molecular formula is C17H23NO3. The number of benzene rings is 1. The number of carbonyl (C=O) groups excluding carboxylic acids is 1. The summed E-state index contributed by atoms with van der Waals surface area (Å²) in [4.78, 5) is 14.1. The van der Waals surface area contributed by atoms with E-state index in [2.05, 4.69) is 13.0 Å². The smallest absolute Gasteiger partial charge is 0.251 e. The van der Waals surface area contributed by atoms with E-state index < -0.39 is 0 Å². The SMILES string of the molecule is CCc1ccccc1OC1CN(C(=O)C2CCCCO2)C1. The Morgan fingerprint density at radius 1 is 1.33 bits per heavy atom. The van der Waals surface area contributed by atoms with Gasteiger partial charge in [0, 0.05) is 6.61 Å². The number of carbonyl (C=O) groups is 1. The molecule has 1 aromatic carbocycles. The van der Waals surface area contributed by atoms with Crippen LogP contribution >= 0.6 is 0 Å². The fourth-order valence-corrected chi connectivity index (χ4v) is 2.92. The van der Waals surface area contributed by atoms with Crippen LogP contribution in [0, 0.1) is 0 Å². The van der Waals surface area contributed by atoms with Crippen molar-refractivity contribution in [1.29, 1.82) is 0 Å². The first-order valence-electron chi connectivity index (χ1n) is 7.93. The molecule has 114 valence electrons. The van der Waals surface area contributed by atoms with Crippen LogP contribution in [-0.4, -0.2) is 42.7 Å². The quantitative estimate of drug-likeness (QED) is 0.854. The molecule has 0 aliphatic carbocycles. The van der Waals surface area contributed by atoms with Crippen LogP contribution in [0.1, 0.15) is 31.7 Å². The van der Waals surface area contributed by atoms with Crippen molar-refractivity contribution in [2.24, 2.45) is 0 Å². The summed E-state index contributed by atoms with van der Waals surface area (Å²) in [5.41, 5.74) is 1.22. The molecule has 2 saturated heterocycles. The van der Waals surface area contributed by atoms with Crippen LogP contribution in [-0.2, 0) is 16.0 Å². The Hall–Kier alpha value is -1.55. The van der Waals surface area contributed by atoms with Gasteiger partial charge >= 0.3 is 0 Å². The lowest BCUT2D eigenvalue weighted by Gasteiger charge is -2.41. The first-order valence-corrected chi connectivity index (χ1v) is 7.93. The predicted molar refractivity (Wildman–Crippen MR) is 80.4 cm³/mol. The molecule has 2 aliphatic rings. The topological polar surface area (TPSA) is 38.8 Å². The van der Waals surface area contributed by atoms with E-state index >= 15 is 0 Å². The number of para-hydroxylation sites is 1. The molecular weight excluding hydrogens is 266 g/mol.